The molecule has 5 heteroatoms. The lowest BCUT2D eigenvalue weighted by molar-refractivity contribution is -0.144. The molecule has 0 bridgehead atoms. The molecule has 1 saturated heterocycles. The molecular weight excluding hydrogens is 172 g/mol. The molecule has 0 saturated carbocycles. The van der Waals surface area contributed by atoms with Crippen molar-refractivity contribution in [2.45, 2.75) is 26.6 Å². The van der Waals surface area contributed by atoms with Crippen molar-refractivity contribution in [3.63, 3.8) is 0 Å². The van der Waals surface area contributed by atoms with E-state index < -0.39 is 36.5 Å². The Morgan fingerprint density at radius 2 is 1.92 bits per heavy atom. The van der Waals surface area contributed by atoms with Crippen molar-refractivity contribution >= 4 is 17.8 Å². The summed E-state index contributed by atoms with van der Waals surface area (Å²) in [5.41, 5.74) is -2.45. The zero-order chi connectivity index (χ0) is 14.4. The summed E-state index contributed by atoms with van der Waals surface area (Å²) >= 11 is 0. The number of hydrogen-bond donors (Lipinski definition) is 2. The van der Waals surface area contributed by atoms with Crippen molar-refractivity contribution in [3.05, 3.63) is 0 Å². The Bertz CT molecular complexity index is 397. The van der Waals surface area contributed by atoms with Gasteiger partial charge in [-0.2, -0.15) is 0 Å². The third-order valence-corrected chi connectivity index (χ3v) is 1.97. The van der Waals surface area contributed by atoms with Crippen LogP contribution in [0.25, 0.3) is 0 Å². The Morgan fingerprint density at radius 3 is 2.31 bits per heavy atom. The van der Waals surface area contributed by atoms with Gasteiger partial charge in [0, 0.05) is 6.85 Å². The van der Waals surface area contributed by atoms with E-state index in [9.17, 15) is 14.4 Å². The van der Waals surface area contributed by atoms with Gasteiger partial charge in [0.1, 0.15) is 5.41 Å². The van der Waals surface area contributed by atoms with Crippen molar-refractivity contribution < 1.29 is 21.2 Å². The highest BCUT2D eigenvalue weighted by Crippen LogP contribution is 2.28. The fourth-order valence-electron chi connectivity index (χ4n) is 1.08. The maximum Gasteiger partial charge on any atom is 0.328 e. The summed E-state index contributed by atoms with van der Waals surface area (Å²) in [7, 11) is 0. The van der Waals surface area contributed by atoms with E-state index in [1.807, 2.05) is 0 Å². The van der Waals surface area contributed by atoms with Crippen molar-refractivity contribution in [3.8, 4) is 0 Å². The number of amides is 4. The predicted octanol–water partition coefficient (Wildman–Crippen LogP) is 0.159. The molecule has 0 aromatic heterocycles. The average molecular weight is 189 g/mol. The number of urea groups is 1. The molecule has 0 aliphatic carbocycles. The van der Waals surface area contributed by atoms with Crippen LogP contribution in [0.3, 0.4) is 0 Å². The van der Waals surface area contributed by atoms with Gasteiger partial charge in [0.05, 0.1) is 0 Å². The second-order valence-corrected chi connectivity index (χ2v) is 2.62. The first kappa shape index (κ1) is 4.74. The molecule has 2 N–H and O–H groups in total. The maximum absolute atomic E-state index is 11.8. The summed E-state index contributed by atoms with van der Waals surface area (Å²) in [5, 5.41) is 3.46. The van der Waals surface area contributed by atoms with E-state index in [2.05, 4.69) is 0 Å². The van der Waals surface area contributed by atoms with E-state index in [1.54, 1.807) is 10.6 Å². The fourth-order valence-corrected chi connectivity index (χ4v) is 1.08. The Balaban J connectivity index is 3.41. The SMILES string of the molecule is [2H]C([2H])([2H])C([2H])([2H])C1(CC)C(=O)NC(=O)NC1=O. The summed E-state index contributed by atoms with van der Waals surface area (Å²) < 4.78 is 36.7. The fraction of sp³-hybridized carbons (Fsp3) is 0.625. The summed E-state index contributed by atoms with van der Waals surface area (Å²) in [6.07, 6.45) is -3.48. The van der Waals surface area contributed by atoms with Crippen LogP contribution in [0, 0.1) is 5.41 Å². The number of carbonyl (C=O) groups excluding carboxylic acids is 3. The van der Waals surface area contributed by atoms with Crippen LogP contribution in [-0.2, 0) is 9.59 Å². The van der Waals surface area contributed by atoms with E-state index in [4.69, 9.17) is 6.85 Å². The first-order chi connectivity index (χ1) is 8.00. The highest BCUT2D eigenvalue weighted by Gasteiger charge is 2.47. The minimum absolute atomic E-state index is 0.386. The summed E-state index contributed by atoms with van der Waals surface area (Å²) in [4.78, 5) is 34.5. The van der Waals surface area contributed by atoms with Gasteiger partial charge in [-0.15, -0.1) is 0 Å². The maximum atomic E-state index is 11.8. The highest BCUT2D eigenvalue weighted by atomic mass is 16.2. The lowest BCUT2D eigenvalue weighted by atomic mass is 9.79. The Labute approximate surface area is 82.9 Å². The van der Waals surface area contributed by atoms with Crippen LogP contribution in [0.4, 0.5) is 4.79 Å². The second-order valence-electron chi connectivity index (χ2n) is 2.62. The van der Waals surface area contributed by atoms with Crippen LogP contribution < -0.4 is 10.6 Å². The van der Waals surface area contributed by atoms with E-state index in [0.29, 0.717) is 0 Å². The Kier molecular flexibility index (Phi) is 1.15. The molecule has 13 heavy (non-hydrogen) atoms. The number of rotatable bonds is 2. The van der Waals surface area contributed by atoms with Gasteiger partial charge < -0.3 is 0 Å². The minimum atomic E-state index is -3.18. The molecule has 1 heterocycles. The number of carbonyl (C=O) groups is 3. The van der Waals surface area contributed by atoms with Gasteiger partial charge in [-0.25, -0.2) is 4.79 Å². The first-order valence-electron chi connectivity index (χ1n) is 6.17. The van der Waals surface area contributed by atoms with Crippen molar-refractivity contribution in [2.24, 2.45) is 5.41 Å². The minimum Gasteiger partial charge on any atom is -0.277 e. The molecule has 4 amide bonds. The molecular formula is C8H12N2O3. The predicted molar refractivity (Wildman–Crippen MR) is 44.7 cm³/mol. The summed E-state index contributed by atoms with van der Waals surface area (Å²) in [6.45, 7) is -1.88. The third-order valence-electron chi connectivity index (χ3n) is 1.97. The molecule has 0 atom stereocenters. The number of nitrogens with one attached hydrogen (secondary N) is 2. The van der Waals surface area contributed by atoms with Crippen molar-refractivity contribution in [1.29, 1.82) is 0 Å². The van der Waals surface area contributed by atoms with Crippen LogP contribution in [0.1, 0.15) is 33.4 Å². The normalized spacial score (nSPS) is 28.7. The van der Waals surface area contributed by atoms with Gasteiger partial charge in [-0.1, -0.05) is 13.8 Å². The molecule has 0 unspecified atom stereocenters. The molecule has 1 aliphatic heterocycles. The highest BCUT2D eigenvalue weighted by molar-refractivity contribution is 6.19. The molecule has 0 radical (unpaired) electrons. The van der Waals surface area contributed by atoms with Crippen LogP contribution in [0.5, 0.6) is 0 Å². The molecule has 1 fully saturated rings. The Morgan fingerprint density at radius 1 is 1.38 bits per heavy atom. The third kappa shape index (κ3) is 1.30. The topological polar surface area (TPSA) is 75.3 Å². The zero-order valence-corrected chi connectivity index (χ0v) is 6.93. The number of imide groups is 2. The molecule has 1 aliphatic rings. The lowest BCUT2D eigenvalue weighted by Gasteiger charge is -2.31. The number of barbiturate groups is 1. The van der Waals surface area contributed by atoms with Gasteiger partial charge in [-0.05, 0) is 12.8 Å². The van der Waals surface area contributed by atoms with Gasteiger partial charge in [0.25, 0.3) is 0 Å². The molecule has 0 aromatic carbocycles. The monoisotopic (exact) mass is 189 g/mol. The van der Waals surface area contributed by atoms with E-state index in [1.165, 1.54) is 6.92 Å². The smallest absolute Gasteiger partial charge is 0.277 e. The standard InChI is InChI=1S/C8H12N2O3/c1-3-8(4-2)5(11)9-7(13)10-6(8)12/h3-4H2,1-2H3,(H2,9,10,11,12,13)/i1D3,3D2. The quantitative estimate of drug-likeness (QED) is 0.607. The van der Waals surface area contributed by atoms with Gasteiger partial charge >= 0.3 is 6.03 Å². The van der Waals surface area contributed by atoms with Crippen LogP contribution in [0.15, 0.2) is 0 Å². The lowest BCUT2D eigenvalue weighted by Crippen LogP contribution is -2.61. The Hall–Kier alpha value is -1.39. The molecule has 72 valence electrons. The van der Waals surface area contributed by atoms with Gasteiger partial charge in [0.15, 0.2) is 0 Å². The van der Waals surface area contributed by atoms with Crippen LogP contribution in [0.2, 0.25) is 0 Å². The molecule has 0 aromatic rings. The number of hydrogen-bond acceptors (Lipinski definition) is 3. The molecule has 0 spiro atoms. The van der Waals surface area contributed by atoms with Gasteiger partial charge in [-0.3, -0.25) is 20.2 Å². The van der Waals surface area contributed by atoms with Crippen LogP contribution in [-0.4, -0.2) is 17.8 Å². The molecule has 5 nitrogen and oxygen atoms in total. The second kappa shape index (κ2) is 3.16. The first-order valence-corrected chi connectivity index (χ1v) is 3.67. The average Bonchev–Trinajstić information content (AvgIpc) is 2.14. The van der Waals surface area contributed by atoms with E-state index in [-0.39, 0.29) is 6.42 Å². The summed E-state index contributed by atoms with van der Waals surface area (Å²) in [5.74, 6) is -2.47. The summed E-state index contributed by atoms with van der Waals surface area (Å²) in [6, 6.07) is -1.09. The van der Waals surface area contributed by atoms with Crippen molar-refractivity contribution in [1.82, 2.24) is 10.6 Å². The largest absolute Gasteiger partial charge is 0.328 e. The van der Waals surface area contributed by atoms with Crippen molar-refractivity contribution in [2.75, 3.05) is 0 Å². The van der Waals surface area contributed by atoms with Crippen LogP contribution >= 0.6 is 0 Å². The van der Waals surface area contributed by atoms with E-state index in [0.717, 1.165) is 0 Å². The molecule has 1 rings (SSSR count). The zero-order valence-electron chi connectivity index (χ0n) is 11.9. The van der Waals surface area contributed by atoms with E-state index >= 15 is 0 Å². The van der Waals surface area contributed by atoms with Gasteiger partial charge in [0.2, 0.25) is 11.8 Å².